The van der Waals surface area contributed by atoms with Crippen molar-refractivity contribution in [1.82, 2.24) is 15.5 Å². The van der Waals surface area contributed by atoms with E-state index in [0.717, 1.165) is 25.9 Å². The summed E-state index contributed by atoms with van der Waals surface area (Å²) in [5.74, 6) is -1.05. The normalized spacial score (nSPS) is 21.9. The minimum atomic E-state index is -1.25. The van der Waals surface area contributed by atoms with Gasteiger partial charge in [-0.1, -0.05) is 0 Å². The van der Waals surface area contributed by atoms with Crippen LogP contribution in [0.1, 0.15) is 26.7 Å². The Hall–Kier alpha value is -1.30. The summed E-state index contributed by atoms with van der Waals surface area (Å²) in [4.78, 5) is 24.6. The van der Waals surface area contributed by atoms with Gasteiger partial charge in [0.05, 0.1) is 0 Å². The van der Waals surface area contributed by atoms with Crippen molar-refractivity contribution in [2.24, 2.45) is 0 Å². The average molecular weight is 243 g/mol. The molecular weight excluding hydrogens is 222 g/mol. The third kappa shape index (κ3) is 4.22. The van der Waals surface area contributed by atoms with Crippen LogP contribution in [0, 0.1) is 0 Å². The number of carbonyl (C=O) groups excluding carboxylic acids is 1. The number of urea groups is 1. The molecule has 0 spiro atoms. The van der Waals surface area contributed by atoms with Gasteiger partial charge in [-0.2, -0.15) is 0 Å². The molecule has 1 heterocycles. The van der Waals surface area contributed by atoms with E-state index < -0.39 is 17.5 Å². The molecule has 1 saturated heterocycles. The number of nitrogens with one attached hydrogen (secondary N) is 2. The zero-order chi connectivity index (χ0) is 13.1. The number of nitrogens with zero attached hydrogens (tertiary/aromatic N) is 1. The van der Waals surface area contributed by atoms with Crippen LogP contribution >= 0.6 is 0 Å². The molecule has 1 aliphatic heterocycles. The Balaban J connectivity index is 2.41. The first-order chi connectivity index (χ1) is 7.81. The molecule has 0 radical (unpaired) electrons. The van der Waals surface area contributed by atoms with Crippen LogP contribution in [0.3, 0.4) is 0 Å². The highest BCUT2D eigenvalue weighted by atomic mass is 16.4. The molecule has 0 aliphatic carbocycles. The molecular formula is C11H21N3O3. The van der Waals surface area contributed by atoms with E-state index in [4.69, 9.17) is 5.11 Å². The average Bonchev–Trinajstić information content (AvgIpc) is 2.15. The molecule has 6 nitrogen and oxygen atoms in total. The summed E-state index contributed by atoms with van der Waals surface area (Å²) in [6.45, 7) is 4.77. The van der Waals surface area contributed by atoms with E-state index in [1.165, 1.54) is 13.8 Å². The maximum Gasteiger partial charge on any atom is 0.328 e. The zero-order valence-electron chi connectivity index (χ0n) is 10.6. The second-order valence-corrected chi connectivity index (χ2v) is 5.13. The van der Waals surface area contributed by atoms with Crippen LogP contribution in [-0.4, -0.2) is 53.7 Å². The second kappa shape index (κ2) is 5.35. The number of carboxylic acid groups (broad SMARTS) is 1. The molecule has 0 aromatic rings. The lowest BCUT2D eigenvalue weighted by molar-refractivity contribution is -0.142. The van der Waals surface area contributed by atoms with Crippen LogP contribution in [0.25, 0.3) is 0 Å². The molecule has 1 rings (SSSR count). The number of hydrogen-bond donors (Lipinski definition) is 3. The lowest BCUT2D eigenvalue weighted by Crippen LogP contribution is -2.56. The van der Waals surface area contributed by atoms with Crippen molar-refractivity contribution in [2.75, 3.05) is 20.1 Å². The standard InChI is InChI=1S/C11H21N3O3/c1-11(2,9(15)16)13-10(17)12-8-5-4-6-14(3)7-8/h8H,4-7H2,1-3H3,(H,15,16)(H2,12,13,17). The van der Waals surface area contributed by atoms with Crippen LogP contribution in [0.4, 0.5) is 4.79 Å². The number of likely N-dealkylation sites (N-methyl/N-ethyl adjacent to an activating group) is 1. The van der Waals surface area contributed by atoms with Gasteiger partial charge in [0.2, 0.25) is 0 Å². The molecule has 1 atom stereocenters. The van der Waals surface area contributed by atoms with Crippen molar-refractivity contribution < 1.29 is 14.7 Å². The Morgan fingerprint density at radius 1 is 1.41 bits per heavy atom. The van der Waals surface area contributed by atoms with Gasteiger partial charge in [-0.3, -0.25) is 0 Å². The van der Waals surface area contributed by atoms with Crippen LogP contribution in [0.5, 0.6) is 0 Å². The smallest absolute Gasteiger partial charge is 0.328 e. The third-order valence-corrected chi connectivity index (χ3v) is 2.92. The molecule has 0 aromatic carbocycles. The number of hydrogen-bond acceptors (Lipinski definition) is 3. The predicted molar refractivity (Wildman–Crippen MR) is 63.9 cm³/mol. The Bertz CT molecular complexity index is 304. The third-order valence-electron chi connectivity index (χ3n) is 2.92. The monoisotopic (exact) mass is 243 g/mol. The van der Waals surface area contributed by atoms with Gasteiger partial charge in [-0.25, -0.2) is 9.59 Å². The molecule has 17 heavy (non-hydrogen) atoms. The molecule has 2 amide bonds. The zero-order valence-corrected chi connectivity index (χ0v) is 10.6. The summed E-state index contributed by atoms with van der Waals surface area (Å²) in [5.41, 5.74) is -1.25. The lowest BCUT2D eigenvalue weighted by Gasteiger charge is -2.31. The van der Waals surface area contributed by atoms with E-state index >= 15 is 0 Å². The Kier molecular flexibility index (Phi) is 4.34. The summed E-state index contributed by atoms with van der Waals surface area (Å²) < 4.78 is 0. The summed E-state index contributed by atoms with van der Waals surface area (Å²) in [7, 11) is 2.01. The van der Waals surface area contributed by atoms with Crippen LogP contribution in [0.2, 0.25) is 0 Å². The quantitative estimate of drug-likeness (QED) is 0.663. The lowest BCUT2D eigenvalue weighted by atomic mass is 10.1. The number of amides is 2. The summed E-state index contributed by atoms with van der Waals surface area (Å²) >= 11 is 0. The van der Waals surface area contributed by atoms with Crippen molar-refractivity contribution in [3.05, 3.63) is 0 Å². The molecule has 3 N–H and O–H groups in total. The molecule has 98 valence electrons. The van der Waals surface area contributed by atoms with E-state index in [1.54, 1.807) is 0 Å². The highest BCUT2D eigenvalue weighted by Crippen LogP contribution is 2.08. The van der Waals surface area contributed by atoms with E-state index in [9.17, 15) is 9.59 Å². The number of piperidine rings is 1. The topological polar surface area (TPSA) is 81.7 Å². The Labute approximate surface area is 101 Å². The van der Waals surface area contributed by atoms with E-state index in [2.05, 4.69) is 15.5 Å². The fourth-order valence-electron chi connectivity index (χ4n) is 1.84. The SMILES string of the molecule is CN1CCCC(NC(=O)NC(C)(C)C(=O)O)C1. The van der Waals surface area contributed by atoms with Crippen molar-refractivity contribution in [1.29, 1.82) is 0 Å². The minimum absolute atomic E-state index is 0.0957. The summed E-state index contributed by atoms with van der Waals surface area (Å²) in [6.07, 6.45) is 1.98. The molecule has 0 saturated carbocycles. The first-order valence-electron chi connectivity index (χ1n) is 5.82. The van der Waals surface area contributed by atoms with Crippen LogP contribution in [0.15, 0.2) is 0 Å². The van der Waals surface area contributed by atoms with Crippen molar-refractivity contribution in [2.45, 2.75) is 38.3 Å². The number of aliphatic carboxylic acids is 1. The Morgan fingerprint density at radius 3 is 2.59 bits per heavy atom. The number of likely N-dealkylation sites (tertiary alicyclic amines) is 1. The first-order valence-corrected chi connectivity index (χ1v) is 5.82. The van der Waals surface area contributed by atoms with Crippen molar-refractivity contribution in [3.63, 3.8) is 0 Å². The predicted octanol–water partition coefficient (Wildman–Crippen LogP) is 0.243. The van der Waals surface area contributed by atoms with E-state index in [-0.39, 0.29) is 6.04 Å². The molecule has 0 aromatic heterocycles. The number of carboxylic acids is 1. The summed E-state index contributed by atoms with van der Waals surface area (Å²) in [5, 5.41) is 14.1. The van der Waals surface area contributed by atoms with Gasteiger partial charge in [-0.05, 0) is 40.3 Å². The number of rotatable bonds is 3. The maximum absolute atomic E-state index is 11.6. The van der Waals surface area contributed by atoms with Gasteiger partial charge in [0.25, 0.3) is 0 Å². The highest BCUT2D eigenvalue weighted by molar-refractivity contribution is 5.85. The minimum Gasteiger partial charge on any atom is -0.480 e. The van der Waals surface area contributed by atoms with Gasteiger partial charge in [0.1, 0.15) is 5.54 Å². The van der Waals surface area contributed by atoms with Crippen LogP contribution < -0.4 is 10.6 Å². The molecule has 0 bridgehead atoms. The van der Waals surface area contributed by atoms with Gasteiger partial charge >= 0.3 is 12.0 Å². The fraction of sp³-hybridized carbons (Fsp3) is 0.818. The molecule has 1 unspecified atom stereocenters. The maximum atomic E-state index is 11.6. The van der Waals surface area contributed by atoms with Crippen molar-refractivity contribution in [3.8, 4) is 0 Å². The second-order valence-electron chi connectivity index (χ2n) is 5.13. The number of carbonyl (C=O) groups is 2. The van der Waals surface area contributed by atoms with E-state index in [1.807, 2.05) is 7.05 Å². The Morgan fingerprint density at radius 2 is 2.06 bits per heavy atom. The van der Waals surface area contributed by atoms with Gasteiger partial charge in [0.15, 0.2) is 0 Å². The van der Waals surface area contributed by atoms with E-state index in [0.29, 0.717) is 0 Å². The largest absolute Gasteiger partial charge is 0.480 e. The molecule has 1 fully saturated rings. The molecule has 6 heteroatoms. The van der Waals surface area contributed by atoms with Gasteiger partial charge in [0, 0.05) is 12.6 Å². The fourth-order valence-corrected chi connectivity index (χ4v) is 1.84. The van der Waals surface area contributed by atoms with Crippen LogP contribution in [-0.2, 0) is 4.79 Å². The van der Waals surface area contributed by atoms with Crippen molar-refractivity contribution >= 4 is 12.0 Å². The highest BCUT2D eigenvalue weighted by Gasteiger charge is 2.30. The van der Waals surface area contributed by atoms with Gasteiger partial charge < -0.3 is 20.6 Å². The summed E-state index contributed by atoms with van der Waals surface area (Å²) in [6, 6.07) is -0.323. The first kappa shape index (κ1) is 13.8. The van der Waals surface area contributed by atoms with Gasteiger partial charge in [-0.15, -0.1) is 0 Å². The molecule has 1 aliphatic rings.